The van der Waals surface area contributed by atoms with Gasteiger partial charge in [-0.05, 0) is 33.0 Å². The van der Waals surface area contributed by atoms with Crippen LogP contribution < -0.4 is 0 Å². The van der Waals surface area contributed by atoms with E-state index in [0.29, 0.717) is 6.04 Å². The fraction of sp³-hybridized carbons (Fsp3) is 0.500. The van der Waals surface area contributed by atoms with Crippen LogP contribution in [-0.4, -0.2) is 48.4 Å². The van der Waals surface area contributed by atoms with Crippen LogP contribution in [0.5, 0.6) is 0 Å². The zero-order valence-electron chi connectivity index (χ0n) is 10.8. The molecule has 1 aliphatic rings. The van der Waals surface area contributed by atoms with Crippen molar-refractivity contribution in [2.75, 3.05) is 26.7 Å². The number of rotatable bonds is 1. The van der Waals surface area contributed by atoms with Gasteiger partial charge >= 0.3 is 0 Å². The van der Waals surface area contributed by atoms with Gasteiger partial charge in [-0.15, -0.1) is 0 Å². The molecule has 2 rings (SSSR count). The summed E-state index contributed by atoms with van der Waals surface area (Å²) < 4.78 is 0. The molecule has 1 atom stereocenters. The monoisotopic (exact) mass is 232 g/mol. The van der Waals surface area contributed by atoms with E-state index in [-0.39, 0.29) is 5.91 Å². The lowest BCUT2D eigenvalue weighted by Gasteiger charge is -2.37. The maximum atomic E-state index is 12.3. The standard InChI is InChI=1S/C14H20N2O/c1-11-4-6-13(7-5-11)14(17)16-9-8-15(3)12(2)10-16/h4-7,12H,8-10H2,1-3H3. The second-order valence-electron chi connectivity index (χ2n) is 4.95. The molecule has 1 aliphatic heterocycles. The van der Waals surface area contributed by atoms with Crippen molar-refractivity contribution < 1.29 is 4.79 Å². The SMILES string of the molecule is Cc1ccc(C(=O)N2CCN(C)C(C)C2)cc1. The number of likely N-dealkylation sites (N-methyl/N-ethyl adjacent to an activating group) is 1. The molecule has 1 amide bonds. The Kier molecular flexibility index (Phi) is 3.48. The molecule has 0 spiro atoms. The Bertz CT molecular complexity index is 399. The van der Waals surface area contributed by atoms with E-state index in [1.807, 2.05) is 36.1 Å². The number of hydrogen-bond acceptors (Lipinski definition) is 2. The maximum Gasteiger partial charge on any atom is 0.253 e. The van der Waals surface area contributed by atoms with E-state index in [1.165, 1.54) is 5.56 Å². The van der Waals surface area contributed by atoms with Gasteiger partial charge in [-0.25, -0.2) is 0 Å². The quantitative estimate of drug-likeness (QED) is 0.737. The summed E-state index contributed by atoms with van der Waals surface area (Å²) in [4.78, 5) is 16.5. The summed E-state index contributed by atoms with van der Waals surface area (Å²) in [5.41, 5.74) is 1.99. The molecular weight excluding hydrogens is 212 g/mol. The summed E-state index contributed by atoms with van der Waals surface area (Å²) in [6.07, 6.45) is 0. The van der Waals surface area contributed by atoms with E-state index in [4.69, 9.17) is 0 Å². The van der Waals surface area contributed by atoms with Crippen molar-refractivity contribution in [3.05, 3.63) is 35.4 Å². The molecular formula is C14H20N2O. The zero-order chi connectivity index (χ0) is 12.4. The van der Waals surface area contributed by atoms with Crippen molar-refractivity contribution in [2.24, 2.45) is 0 Å². The average Bonchev–Trinajstić information content (AvgIpc) is 2.33. The Hall–Kier alpha value is -1.35. The van der Waals surface area contributed by atoms with E-state index >= 15 is 0 Å². The van der Waals surface area contributed by atoms with Crippen molar-refractivity contribution in [3.63, 3.8) is 0 Å². The first-order valence-corrected chi connectivity index (χ1v) is 6.14. The van der Waals surface area contributed by atoms with Crippen LogP contribution in [0, 0.1) is 6.92 Å². The minimum Gasteiger partial charge on any atom is -0.336 e. The van der Waals surface area contributed by atoms with Crippen LogP contribution in [0.2, 0.25) is 0 Å². The van der Waals surface area contributed by atoms with Gasteiger partial charge in [0.05, 0.1) is 0 Å². The zero-order valence-corrected chi connectivity index (χ0v) is 10.8. The number of aryl methyl sites for hydroxylation is 1. The number of hydrogen-bond donors (Lipinski definition) is 0. The molecule has 3 nitrogen and oxygen atoms in total. The van der Waals surface area contributed by atoms with Crippen LogP contribution in [0.1, 0.15) is 22.8 Å². The smallest absolute Gasteiger partial charge is 0.253 e. The Balaban J connectivity index is 2.08. The van der Waals surface area contributed by atoms with Crippen LogP contribution in [0.4, 0.5) is 0 Å². The van der Waals surface area contributed by atoms with Crippen LogP contribution in [-0.2, 0) is 0 Å². The van der Waals surface area contributed by atoms with Gasteiger partial charge in [0.15, 0.2) is 0 Å². The predicted molar refractivity (Wildman–Crippen MR) is 69.2 cm³/mol. The van der Waals surface area contributed by atoms with Gasteiger partial charge in [0.1, 0.15) is 0 Å². The van der Waals surface area contributed by atoms with Crippen LogP contribution in [0.25, 0.3) is 0 Å². The summed E-state index contributed by atoms with van der Waals surface area (Å²) in [5, 5.41) is 0. The summed E-state index contributed by atoms with van der Waals surface area (Å²) >= 11 is 0. The highest BCUT2D eigenvalue weighted by molar-refractivity contribution is 5.94. The van der Waals surface area contributed by atoms with Crippen molar-refractivity contribution >= 4 is 5.91 Å². The fourth-order valence-electron chi connectivity index (χ4n) is 2.11. The highest BCUT2D eigenvalue weighted by Crippen LogP contribution is 2.12. The third-order valence-corrected chi connectivity index (χ3v) is 3.55. The topological polar surface area (TPSA) is 23.6 Å². The molecule has 92 valence electrons. The van der Waals surface area contributed by atoms with E-state index in [9.17, 15) is 4.79 Å². The summed E-state index contributed by atoms with van der Waals surface area (Å²) in [7, 11) is 2.11. The van der Waals surface area contributed by atoms with Crippen molar-refractivity contribution in [1.29, 1.82) is 0 Å². The van der Waals surface area contributed by atoms with E-state index < -0.39 is 0 Å². The van der Waals surface area contributed by atoms with Gasteiger partial charge in [0.25, 0.3) is 5.91 Å². The highest BCUT2D eigenvalue weighted by Gasteiger charge is 2.24. The molecule has 0 aromatic heterocycles. The third kappa shape index (κ3) is 2.67. The van der Waals surface area contributed by atoms with Crippen molar-refractivity contribution in [1.82, 2.24) is 9.80 Å². The first-order chi connectivity index (χ1) is 8.08. The lowest BCUT2D eigenvalue weighted by molar-refractivity contribution is 0.0572. The number of piperazine rings is 1. The number of nitrogens with zero attached hydrogens (tertiary/aromatic N) is 2. The molecule has 1 unspecified atom stereocenters. The maximum absolute atomic E-state index is 12.3. The Labute approximate surface area is 103 Å². The molecule has 3 heteroatoms. The van der Waals surface area contributed by atoms with Crippen LogP contribution in [0.3, 0.4) is 0 Å². The molecule has 0 aliphatic carbocycles. The molecule has 0 bridgehead atoms. The van der Waals surface area contributed by atoms with Crippen molar-refractivity contribution in [3.8, 4) is 0 Å². The molecule has 1 saturated heterocycles. The van der Waals surface area contributed by atoms with Crippen LogP contribution in [0.15, 0.2) is 24.3 Å². The summed E-state index contributed by atoms with van der Waals surface area (Å²) in [5.74, 6) is 0.157. The van der Waals surface area contributed by atoms with Crippen molar-refractivity contribution in [2.45, 2.75) is 19.9 Å². The van der Waals surface area contributed by atoms with Gasteiger partial charge < -0.3 is 9.80 Å². The molecule has 0 saturated carbocycles. The van der Waals surface area contributed by atoms with E-state index in [1.54, 1.807) is 0 Å². The van der Waals surface area contributed by atoms with E-state index in [0.717, 1.165) is 25.2 Å². The molecule has 1 aromatic carbocycles. The third-order valence-electron chi connectivity index (χ3n) is 3.55. The van der Waals surface area contributed by atoms with Crippen LogP contribution >= 0.6 is 0 Å². The van der Waals surface area contributed by atoms with Gasteiger partial charge in [-0.1, -0.05) is 17.7 Å². The first kappa shape index (κ1) is 12.1. The van der Waals surface area contributed by atoms with Gasteiger partial charge in [-0.3, -0.25) is 4.79 Å². The summed E-state index contributed by atoms with van der Waals surface area (Å²) in [6.45, 7) is 6.80. The molecule has 17 heavy (non-hydrogen) atoms. The second kappa shape index (κ2) is 4.88. The number of benzene rings is 1. The molecule has 0 N–H and O–H groups in total. The molecule has 1 aromatic rings. The summed E-state index contributed by atoms with van der Waals surface area (Å²) in [6, 6.07) is 8.26. The Morgan fingerprint density at radius 3 is 2.47 bits per heavy atom. The minimum absolute atomic E-state index is 0.157. The lowest BCUT2D eigenvalue weighted by atomic mass is 10.1. The lowest BCUT2D eigenvalue weighted by Crippen LogP contribution is -2.52. The molecule has 1 heterocycles. The largest absolute Gasteiger partial charge is 0.336 e. The predicted octanol–water partition coefficient (Wildman–Crippen LogP) is 1.77. The minimum atomic E-state index is 0.157. The number of carbonyl (C=O) groups excluding carboxylic acids is 1. The Morgan fingerprint density at radius 1 is 1.24 bits per heavy atom. The highest BCUT2D eigenvalue weighted by atomic mass is 16.2. The van der Waals surface area contributed by atoms with Gasteiger partial charge in [0.2, 0.25) is 0 Å². The Morgan fingerprint density at radius 2 is 1.88 bits per heavy atom. The normalized spacial score (nSPS) is 21.6. The molecule has 0 radical (unpaired) electrons. The van der Waals surface area contributed by atoms with E-state index in [2.05, 4.69) is 18.9 Å². The number of amides is 1. The fourth-order valence-corrected chi connectivity index (χ4v) is 2.11. The van der Waals surface area contributed by atoms with Gasteiger partial charge in [-0.2, -0.15) is 0 Å². The second-order valence-corrected chi connectivity index (χ2v) is 4.95. The number of carbonyl (C=O) groups is 1. The average molecular weight is 232 g/mol. The molecule has 1 fully saturated rings. The van der Waals surface area contributed by atoms with Gasteiger partial charge in [0, 0.05) is 31.2 Å². The first-order valence-electron chi connectivity index (χ1n) is 6.14.